The fourth-order valence-electron chi connectivity index (χ4n) is 3.55. The molecule has 2 aromatic heterocycles. The molecule has 1 aromatic carbocycles. The second-order valence-electron chi connectivity index (χ2n) is 7.52. The lowest BCUT2D eigenvalue weighted by Gasteiger charge is -2.37. The summed E-state index contributed by atoms with van der Waals surface area (Å²) < 4.78 is 14.9. The van der Waals surface area contributed by atoms with Crippen LogP contribution in [0.4, 0.5) is 21.8 Å². The van der Waals surface area contributed by atoms with E-state index in [1.54, 1.807) is 35.0 Å². The quantitative estimate of drug-likeness (QED) is 0.698. The van der Waals surface area contributed by atoms with Gasteiger partial charge >= 0.3 is 0 Å². The third-order valence-electron chi connectivity index (χ3n) is 5.37. The number of likely N-dealkylation sites (N-methyl/N-ethyl adjacent to an activating group) is 2. The molecule has 1 aliphatic rings. The van der Waals surface area contributed by atoms with Gasteiger partial charge < -0.3 is 15.1 Å². The van der Waals surface area contributed by atoms with Crippen molar-refractivity contribution in [2.24, 2.45) is 0 Å². The number of fused-ring (bicyclic) bond motifs is 1. The van der Waals surface area contributed by atoms with Crippen LogP contribution >= 0.6 is 0 Å². The van der Waals surface area contributed by atoms with Gasteiger partial charge in [0.25, 0.3) is 0 Å². The van der Waals surface area contributed by atoms with Gasteiger partial charge in [0.1, 0.15) is 17.5 Å². The Balaban J connectivity index is 1.47. The summed E-state index contributed by atoms with van der Waals surface area (Å²) in [6, 6.07) is 6.10. The van der Waals surface area contributed by atoms with E-state index in [2.05, 4.69) is 20.4 Å². The number of halogens is 1. The Labute approximate surface area is 174 Å². The van der Waals surface area contributed by atoms with Gasteiger partial charge in [0.15, 0.2) is 5.82 Å². The number of benzene rings is 1. The number of carbonyl (C=O) groups is 1. The summed E-state index contributed by atoms with van der Waals surface area (Å²) in [6.45, 7) is 4.81. The zero-order valence-corrected chi connectivity index (χ0v) is 17.4. The molecule has 1 amide bonds. The van der Waals surface area contributed by atoms with Gasteiger partial charge in [0.05, 0.1) is 18.4 Å². The number of rotatable bonds is 5. The van der Waals surface area contributed by atoms with Crippen LogP contribution in [0.5, 0.6) is 0 Å². The highest BCUT2D eigenvalue weighted by Crippen LogP contribution is 2.35. The Morgan fingerprint density at radius 3 is 2.60 bits per heavy atom. The van der Waals surface area contributed by atoms with Gasteiger partial charge in [-0.15, -0.1) is 0 Å². The Bertz CT molecular complexity index is 1080. The third-order valence-corrected chi connectivity index (χ3v) is 5.37. The zero-order valence-electron chi connectivity index (χ0n) is 17.4. The second-order valence-corrected chi connectivity index (χ2v) is 7.52. The van der Waals surface area contributed by atoms with E-state index < -0.39 is 0 Å². The normalized spacial score (nSPS) is 16.0. The minimum Gasteiger partial charge on any atom is -0.350 e. The molecular formula is C21H24FN7O. The minimum absolute atomic E-state index is 0.0194. The Morgan fingerprint density at radius 1 is 1.13 bits per heavy atom. The predicted octanol–water partition coefficient (Wildman–Crippen LogP) is 2.58. The van der Waals surface area contributed by atoms with E-state index >= 15 is 0 Å². The van der Waals surface area contributed by atoms with Crippen molar-refractivity contribution in [2.45, 2.75) is 33.0 Å². The third kappa shape index (κ3) is 3.70. The Morgan fingerprint density at radius 2 is 1.87 bits per heavy atom. The van der Waals surface area contributed by atoms with E-state index in [1.165, 1.54) is 12.1 Å². The second kappa shape index (κ2) is 7.74. The van der Waals surface area contributed by atoms with E-state index in [1.807, 2.05) is 32.0 Å². The first kappa shape index (κ1) is 19.8. The monoisotopic (exact) mass is 409 g/mol. The molecule has 3 aromatic rings. The van der Waals surface area contributed by atoms with Gasteiger partial charge in [-0.05, 0) is 31.5 Å². The number of anilines is 3. The van der Waals surface area contributed by atoms with Crippen molar-refractivity contribution in [1.29, 1.82) is 0 Å². The van der Waals surface area contributed by atoms with Gasteiger partial charge in [0.2, 0.25) is 11.9 Å². The van der Waals surface area contributed by atoms with Gasteiger partial charge in [-0.2, -0.15) is 10.1 Å². The van der Waals surface area contributed by atoms with Crippen LogP contribution in [0.1, 0.15) is 23.7 Å². The number of aromatic nitrogens is 4. The molecule has 0 saturated heterocycles. The number of amides is 1. The van der Waals surface area contributed by atoms with E-state index in [0.29, 0.717) is 19.0 Å². The van der Waals surface area contributed by atoms with Gasteiger partial charge in [-0.1, -0.05) is 12.1 Å². The molecule has 1 atom stereocenters. The zero-order chi connectivity index (χ0) is 21.4. The molecule has 0 spiro atoms. The lowest BCUT2D eigenvalue weighted by atomic mass is 10.1. The molecular weight excluding hydrogens is 385 g/mol. The van der Waals surface area contributed by atoms with E-state index in [4.69, 9.17) is 0 Å². The smallest absolute Gasteiger partial charge is 0.249 e. The van der Waals surface area contributed by atoms with E-state index in [0.717, 1.165) is 28.3 Å². The highest BCUT2D eigenvalue weighted by atomic mass is 19.1. The van der Waals surface area contributed by atoms with Gasteiger partial charge in [-0.25, -0.2) is 9.37 Å². The van der Waals surface area contributed by atoms with Gasteiger partial charge in [-0.3, -0.25) is 9.48 Å². The molecule has 0 unspecified atom stereocenters. The van der Waals surface area contributed by atoms with Crippen LogP contribution in [0.15, 0.2) is 36.7 Å². The van der Waals surface area contributed by atoms with Crippen molar-refractivity contribution >= 4 is 23.4 Å². The average molecular weight is 409 g/mol. The maximum atomic E-state index is 13.0. The lowest BCUT2D eigenvalue weighted by Crippen LogP contribution is -2.49. The first-order valence-electron chi connectivity index (χ1n) is 9.72. The molecule has 8 nitrogen and oxygen atoms in total. The van der Waals surface area contributed by atoms with Crippen LogP contribution in [-0.2, 0) is 17.9 Å². The summed E-state index contributed by atoms with van der Waals surface area (Å²) in [5, 5.41) is 7.61. The first-order chi connectivity index (χ1) is 14.3. The molecule has 0 saturated carbocycles. The summed E-state index contributed by atoms with van der Waals surface area (Å²) in [6.07, 6.45) is 3.71. The number of nitrogens with zero attached hydrogens (tertiary/aromatic N) is 6. The largest absolute Gasteiger partial charge is 0.350 e. The molecule has 4 rings (SSSR count). The molecule has 0 radical (unpaired) electrons. The first-order valence-corrected chi connectivity index (χ1v) is 9.72. The van der Waals surface area contributed by atoms with Crippen molar-refractivity contribution < 1.29 is 9.18 Å². The minimum atomic E-state index is -0.283. The van der Waals surface area contributed by atoms with Crippen molar-refractivity contribution in [3.05, 3.63) is 59.3 Å². The van der Waals surface area contributed by atoms with Crippen LogP contribution in [-0.4, -0.2) is 45.8 Å². The maximum Gasteiger partial charge on any atom is 0.249 e. The van der Waals surface area contributed by atoms with Crippen LogP contribution in [0.2, 0.25) is 0 Å². The van der Waals surface area contributed by atoms with Crippen molar-refractivity contribution in [3.8, 4) is 0 Å². The molecule has 0 fully saturated rings. The highest BCUT2D eigenvalue weighted by molar-refractivity contribution is 6.04. The van der Waals surface area contributed by atoms with Crippen molar-refractivity contribution in [2.75, 3.05) is 29.2 Å². The van der Waals surface area contributed by atoms with Crippen LogP contribution in [0, 0.1) is 12.7 Å². The molecule has 0 aliphatic carbocycles. The average Bonchev–Trinajstić information content (AvgIpc) is 3.17. The summed E-state index contributed by atoms with van der Waals surface area (Å²) in [7, 11) is 3.62. The molecule has 0 bridgehead atoms. The number of nitrogens with one attached hydrogen (secondary N) is 1. The maximum absolute atomic E-state index is 13.0. The summed E-state index contributed by atoms with van der Waals surface area (Å²) >= 11 is 0. The number of carbonyl (C=O) groups excluding carboxylic acids is 1. The Hall–Kier alpha value is -3.49. The molecule has 9 heteroatoms. The molecule has 1 aliphatic heterocycles. The topological polar surface area (TPSA) is 79.2 Å². The highest BCUT2D eigenvalue weighted by Gasteiger charge is 2.34. The molecule has 1 N–H and O–H groups in total. The van der Waals surface area contributed by atoms with Crippen LogP contribution in [0.3, 0.4) is 0 Å². The van der Waals surface area contributed by atoms with E-state index in [9.17, 15) is 9.18 Å². The summed E-state index contributed by atoms with van der Waals surface area (Å²) in [5.74, 6) is 0.997. The van der Waals surface area contributed by atoms with Crippen LogP contribution < -0.4 is 15.1 Å². The molecule has 30 heavy (non-hydrogen) atoms. The summed E-state index contributed by atoms with van der Waals surface area (Å²) in [5.41, 5.74) is 3.43. The van der Waals surface area contributed by atoms with E-state index in [-0.39, 0.29) is 17.8 Å². The number of aryl methyl sites for hydroxylation is 1. The number of hydrogen-bond donors (Lipinski definition) is 1. The Kier molecular flexibility index (Phi) is 5.11. The fourth-order valence-corrected chi connectivity index (χ4v) is 3.55. The standard InChI is InChI=1S/C21H24FN7O/c1-13-18-19(27(3)14(2)20(30)28(18)4)26-21(25-13)23-9-16-10-24-29(12-16)11-15-5-7-17(22)8-6-15/h5-8,10,12,14H,9,11H2,1-4H3,(H,23,25,26)/t14-/m0/s1. The number of hydrogen-bond acceptors (Lipinski definition) is 6. The van der Waals surface area contributed by atoms with Crippen molar-refractivity contribution in [1.82, 2.24) is 19.7 Å². The van der Waals surface area contributed by atoms with Gasteiger partial charge in [0, 0.05) is 32.4 Å². The molecule has 3 heterocycles. The van der Waals surface area contributed by atoms with Crippen LogP contribution in [0.25, 0.3) is 0 Å². The predicted molar refractivity (Wildman–Crippen MR) is 113 cm³/mol. The van der Waals surface area contributed by atoms with Crippen molar-refractivity contribution in [3.63, 3.8) is 0 Å². The summed E-state index contributed by atoms with van der Waals surface area (Å²) in [4.78, 5) is 25.0. The fraction of sp³-hybridized carbons (Fsp3) is 0.333. The lowest BCUT2D eigenvalue weighted by molar-refractivity contribution is -0.119. The molecule has 156 valence electrons. The SMILES string of the molecule is Cc1nc(NCc2cnn(Cc3ccc(F)cc3)c2)nc2c1N(C)C(=O)[C@H](C)N2C.